The highest BCUT2D eigenvalue weighted by molar-refractivity contribution is 5.77. The summed E-state index contributed by atoms with van der Waals surface area (Å²) in [6.45, 7) is 19.4. The average molecular weight is 242 g/mol. The number of rotatable bonds is 3. The third-order valence-corrected chi connectivity index (χ3v) is 5.70. The number of hydrogen-bond donors (Lipinski definition) is 0. The topological polar surface area (TPSA) is 26.3 Å². The Bertz CT molecular complexity index is 291. The van der Waals surface area contributed by atoms with Crippen LogP contribution < -0.4 is 0 Å². The molecular formula is C15H30O2. The van der Waals surface area contributed by atoms with Crippen molar-refractivity contribution in [1.29, 1.82) is 0 Å². The van der Waals surface area contributed by atoms with Gasteiger partial charge in [-0.15, -0.1) is 0 Å². The van der Waals surface area contributed by atoms with Crippen LogP contribution in [0.2, 0.25) is 0 Å². The molecule has 0 bridgehead atoms. The van der Waals surface area contributed by atoms with E-state index in [2.05, 4.69) is 48.5 Å². The maximum Gasteiger partial charge on any atom is 0.311 e. The Morgan fingerprint density at radius 2 is 1.12 bits per heavy atom. The molecule has 0 aromatic heterocycles. The van der Waals surface area contributed by atoms with Gasteiger partial charge in [-0.2, -0.15) is 0 Å². The first-order valence-electron chi connectivity index (χ1n) is 6.32. The average Bonchev–Trinajstić information content (AvgIpc) is 2.13. The molecule has 0 aliphatic rings. The Labute approximate surface area is 107 Å². The monoisotopic (exact) mass is 242 g/mol. The molecule has 0 radical (unpaired) electrons. The highest BCUT2D eigenvalue weighted by Crippen LogP contribution is 2.59. The number of methoxy groups -OCH3 is 1. The Kier molecular flexibility index (Phi) is 4.16. The second kappa shape index (κ2) is 4.29. The molecular weight excluding hydrogens is 212 g/mol. The van der Waals surface area contributed by atoms with Crippen LogP contribution in [-0.2, 0) is 9.53 Å². The Hall–Kier alpha value is -0.530. The molecule has 0 fully saturated rings. The molecule has 0 aliphatic heterocycles. The zero-order chi connectivity index (χ0) is 14.3. The molecule has 0 rings (SSSR count). The molecule has 2 nitrogen and oxygen atoms in total. The lowest BCUT2D eigenvalue weighted by Crippen LogP contribution is -2.54. The van der Waals surface area contributed by atoms with E-state index in [4.69, 9.17) is 4.74 Å². The van der Waals surface area contributed by atoms with Crippen LogP contribution in [0.3, 0.4) is 0 Å². The van der Waals surface area contributed by atoms with E-state index in [-0.39, 0.29) is 22.2 Å². The van der Waals surface area contributed by atoms with Crippen molar-refractivity contribution < 1.29 is 9.53 Å². The van der Waals surface area contributed by atoms with Crippen LogP contribution in [0.4, 0.5) is 0 Å². The van der Waals surface area contributed by atoms with Crippen LogP contribution >= 0.6 is 0 Å². The van der Waals surface area contributed by atoms with Gasteiger partial charge >= 0.3 is 5.97 Å². The second-order valence-corrected chi connectivity index (χ2v) is 7.62. The summed E-state index contributed by atoms with van der Waals surface area (Å²) in [6, 6.07) is 0. The molecule has 102 valence electrons. The quantitative estimate of drug-likeness (QED) is 0.690. The number of carbonyl (C=O) groups excluding carboxylic acids is 1. The Morgan fingerprint density at radius 3 is 1.35 bits per heavy atom. The normalized spacial score (nSPS) is 14.7. The lowest BCUT2D eigenvalue weighted by molar-refractivity contribution is -0.170. The van der Waals surface area contributed by atoms with Gasteiger partial charge < -0.3 is 4.74 Å². The fourth-order valence-electron chi connectivity index (χ4n) is 2.23. The molecule has 0 aromatic rings. The van der Waals surface area contributed by atoms with E-state index in [0.29, 0.717) is 0 Å². The minimum absolute atomic E-state index is 0.00229. The first-order valence-corrected chi connectivity index (χ1v) is 6.32. The maximum absolute atomic E-state index is 12.0. The summed E-state index contributed by atoms with van der Waals surface area (Å²) in [5, 5.41) is 0. The van der Waals surface area contributed by atoms with Crippen LogP contribution in [0.5, 0.6) is 0 Å². The van der Waals surface area contributed by atoms with Gasteiger partial charge in [-0.1, -0.05) is 48.5 Å². The number of ether oxygens (including phenoxy) is 1. The second-order valence-electron chi connectivity index (χ2n) is 7.62. The van der Waals surface area contributed by atoms with Gasteiger partial charge in [0.2, 0.25) is 0 Å². The highest BCUT2D eigenvalue weighted by atomic mass is 16.5. The molecule has 0 amide bonds. The summed E-state index contributed by atoms with van der Waals surface area (Å²) in [5.74, 6) is -0.139. The molecule has 0 heterocycles. The van der Waals surface area contributed by atoms with Gasteiger partial charge in [0.05, 0.1) is 12.5 Å². The molecule has 0 N–H and O–H groups in total. The van der Waals surface area contributed by atoms with Crippen LogP contribution in [-0.4, -0.2) is 13.1 Å². The van der Waals surface area contributed by atoms with Crippen LogP contribution in [0, 0.1) is 21.7 Å². The minimum Gasteiger partial charge on any atom is -0.469 e. The van der Waals surface area contributed by atoms with Gasteiger partial charge in [0, 0.05) is 0 Å². The molecule has 0 spiro atoms. The van der Waals surface area contributed by atoms with E-state index < -0.39 is 5.41 Å². The van der Waals surface area contributed by atoms with Gasteiger partial charge in [0.1, 0.15) is 0 Å². The van der Waals surface area contributed by atoms with Crippen molar-refractivity contribution in [3.63, 3.8) is 0 Å². The van der Waals surface area contributed by atoms with Crippen molar-refractivity contribution in [3.05, 3.63) is 0 Å². The highest BCUT2D eigenvalue weighted by Gasteiger charge is 2.56. The van der Waals surface area contributed by atoms with E-state index in [9.17, 15) is 4.79 Å². The van der Waals surface area contributed by atoms with E-state index in [1.807, 2.05) is 13.8 Å². The fourth-order valence-corrected chi connectivity index (χ4v) is 2.23. The molecule has 0 atom stereocenters. The van der Waals surface area contributed by atoms with Crippen molar-refractivity contribution >= 4 is 5.97 Å². The van der Waals surface area contributed by atoms with Crippen LogP contribution in [0.15, 0.2) is 0 Å². The van der Waals surface area contributed by atoms with Crippen molar-refractivity contribution in [1.82, 2.24) is 0 Å². The van der Waals surface area contributed by atoms with E-state index in [0.717, 1.165) is 0 Å². The molecule has 17 heavy (non-hydrogen) atoms. The Morgan fingerprint density at radius 1 is 0.765 bits per heavy atom. The molecule has 2 heteroatoms. The zero-order valence-electron chi connectivity index (χ0n) is 13.3. The largest absolute Gasteiger partial charge is 0.469 e. The molecule has 0 saturated carbocycles. The van der Waals surface area contributed by atoms with Crippen LogP contribution in [0.25, 0.3) is 0 Å². The lowest BCUT2D eigenvalue weighted by atomic mass is 9.47. The number of esters is 1. The lowest BCUT2D eigenvalue weighted by Gasteiger charge is -2.56. The fraction of sp³-hybridized carbons (Fsp3) is 0.933. The van der Waals surface area contributed by atoms with Gasteiger partial charge in [-0.05, 0) is 30.1 Å². The zero-order valence-corrected chi connectivity index (χ0v) is 13.3. The van der Waals surface area contributed by atoms with Crippen molar-refractivity contribution in [2.24, 2.45) is 21.7 Å². The summed E-state index contributed by atoms with van der Waals surface area (Å²) in [7, 11) is 1.46. The summed E-state index contributed by atoms with van der Waals surface area (Å²) in [4.78, 5) is 12.0. The number of carbonyl (C=O) groups is 1. The SMILES string of the molecule is COC(=O)C(C)(C)C(C)(C)C(C)(C)C(C)(C)C. The maximum atomic E-state index is 12.0. The first kappa shape index (κ1) is 16.5. The summed E-state index contributed by atoms with van der Waals surface area (Å²) >= 11 is 0. The van der Waals surface area contributed by atoms with Gasteiger partial charge in [-0.3, -0.25) is 4.79 Å². The number of hydrogen-bond acceptors (Lipinski definition) is 2. The standard InChI is InChI=1S/C15H30O2/c1-12(2,3)14(6,7)15(8,9)13(4,5)11(16)17-10/h1-10H3. The Balaban J connectivity index is 5.63. The van der Waals surface area contributed by atoms with Crippen molar-refractivity contribution in [3.8, 4) is 0 Å². The van der Waals surface area contributed by atoms with Gasteiger partial charge in [-0.25, -0.2) is 0 Å². The third-order valence-electron chi connectivity index (χ3n) is 5.70. The molecule has 0 saturated heterocycles. The molecule has 0 aliphatic carbocycles. The first-order chi connectivity index (χ1) is 7.23. The van der Waals surface area contributed by atoms with Gasteiger partial charge in [0.15, 0.2) is 0 Å². The molecule has 0 aromatic carbocycles. The minimum atomic E-state index is -0.515. The molecule has 0 unspecified atom stereocenters. The summed E-state index contributed by atoms with van der Waals surface area (Å²) in [5.41, 5.74) is -0.580. The summed E-state index contributed by atoms with van der Waals surface area (Å²) in [6.07, 6.45) is 0. The van der Waals surface area contributed by atoms with E-state index in [1.165, 1.54) is 7.11 Å². The predicted molar refractivity (Wildman–Crippen MR) is 72.8 cm³/mol. The van der Waals surface area contributed by atoms with Crippen molar-refractivity contribution in [2.75, 3.05) is 7.11 Å². The summed E-state index contributed by atoms with van der Waals surface area (Å²) < 4.78 is 4.97. The predicted octanol–water partition coefficient (Wildman–Crippen LogP) is 4.28. The third kappa shape index (κ3) is 2.36. The van der Waals surface area contributed by atoms with E-state index in [1.54, 1.807) is 0 Å². The van der Waals surface area contributed by atoms with Crippen molar-refractivity contribution in [2.45, 2.75) is 62.3 Å². The van der Waals surface area contributed by atoms with Gasteiger partial charge in [0.25, 0.3) is 0 Å². The van der Waals surface area contributed by atoms with E-state index >= 15 is 0 Å². The van der Waals surface area contributed by atoms with Crippen LogP contribution in [0.1, 0.15) is 62.3 Å². The smallest absolute Gasteiger partial charge is 0.311 e.